The van der Waals surface area contributed by atoms with Crippen molar-refractivity contribution >= 4 is 33.1 Å². The zero-order valence-corrected chi connectivity index (χ0v) is 18.1. The van der Waals surface area contributed by atoms with E-state index in [2.05, 4.69) is 10.3 Å². The fourth-order valence-corrected chi connectivity index (χ4v) is 3.74. The minimum Gasteiger partial charge on any atom is -0.487 e. The lowest BCUT2D eigenvalue weighted by Gasteiger charge is -2.26. The normalized spacial score (nSPS) is 12.2. The largest absolute Gasteiger partial charge is 0.487 e. The van der Waals surface area contributed by atoms with E-state index >= 15 is 0 Å². The van der Waals surface area contributed by atoms with Crippen LogP contribution >= 0.6 is 11.3 Å². The van der Waals surface area contributed by atoms with E-state index in [0.29, 0.717) is 18.0 Å². The minimum atomic E-state index is -3.75. The van der Waals surface area contributed by atoms with E-state index in [1.807, 2.05) is 12.3 Å². The lowest BCUT2D eigenvalue weighted by Crippen LogP contribution is -2.33. The van der Waals surface area contributed by atoms with Gasteiger partial charge in [-0.2, -0.15) is 0 Å². The van der Waals surface area contributed by atoms with Crippen LogP contribution in [-0.2, 0) is 16.6 Å². The van der Waals surface area contributed by atoms with E-state index in [0.717, 1.165) is 11.3 Å². The number of nitrogens with one attached hydrogen (secondary N) is 1. The number of urea groups is 1. The second-order valence-electron chi connectivity index (χ2n) is 6.63. The molecule has 0 aliphatic rings. The molecule has 0 radical (unpaired) electrons. The number of hydrogen-bond acceptors (Lipinski definition) is 6. The molecular weight excluding hydrogens is 424 g/mol. The molecule has 1 aromatic heterocycles. The van der Waals surface area contributed by atoms with Crippen molar-refractivity contribution in [2.24, 2.45) is 5.14 Å². The first-order valence-corrected chi connectivity index (χ1v) is 11.5. The molecule has 0 fully saturated rings. The summed E-state index contributed by atoms with van der Waals surface area (Å²) in [7, 11) is -2.09. The van der Waals surface area contributed by atoms with E-state index < -0.39 is 10.0 Å². The van der Waals surface area contributed by atoms with Crippen LogP contribution in [0.15, 0.2) is 64.3 Å². The number of carbonyl (C=O) groups excluding carboxylic acids is 1. The Morgan fingerprint density at radius 3 is 2.63 bits per heavy atom. The number of ether oxygens (including phenoxy) is 1. The van der Waals surface area contributed by atoms with Gasteiger partial charge in [-0.25, -0.2) is 23.3 Å². The van der Waals surface area contributed by atoms with Crippen LogP contribution in [0.25, 0.3) is 0 Å². The molecule has 1 heterocycles. The zero-order chi connectivity index (χ0) is 21.7. The lowest BCUT2D eigenvalue weighted by molar-refractivity contribution is 0.208. The van der Waals surface area contributed by atoms with Crippen LogP contribution in [0.5, 0.6) is 5.75 Å². The average Bonchev–Trinajstić information content (AvgIpc) is 3.24. The Labute approximate surface area is 179 Å². The maximum atomic E-state index is 12.7. The molecule has 0 aliphatic carbocycles. The maximum Gasteiger partial charge on any atom is 0.322 e. The van der Waals surface area contributed by atoms with Crippen LogP contribution in [-0.4, -0.2) is 31.4 Å². The summed E-state index contributed by atoms with van der Waals surface area (Å²) < 4.78 is 28.5. The predicted molar refractivity (Wildman–Crippen MR) is 116 cm³/mol. The molecule has 0 saturated carbocycles. The van der Waals surface area contributed by atoms with Gasteiger partial charge >= 0.3 is 6.03 Å². The van der Waals surface area contributed by atoms with Crippen molar-refractivity contribution in [3.05, 3.63) is 70.7 Å². The number of carbonyl (C=O) groups is 1. The molecular formula is C20H22N4O4S2. The number of hydrogen-bond donors (Lipinski definition) is 2. The number of rotatable bonds is 7. The fourth-order valence-electron chi connectivity index (χ4n) is 2.68. The van der Waals surface area contributed by atoms with Crippen LogP contribution in [0.1, 0.15) is 24.2 Å². The standard InChI is InChI=1S/C20H22N4O4S2/c1-14(15-6-8-19(9-7-15)30(21,26)27)24(2)20(25)23-16-4-3-5-18(10-16)28-11-17-12-29-13-22-17/h3-10,12-14H,11H2,1-2H3,(H,23,25)(H2,21,26,27). The number of thiazole rings is 1. The van der Waals surface area contributed by atoms with E-state index in [1.54, 1.807) is 49.0 Å². The Balaban J connectivity index is 1.62. The Kier molecular flexibility index (Phi) is 6.70. The van der Waals surface area contributed by atoms with Crippen LogP contribution in [0.4, 0.5) is 10.5 Å². The second-order valence-corrected chi connectivity index (χ2v) is 8.91. The third-order valence-corrected chi connectivity index (χ3v) is 6.11. The van der Waals surface area contributed by atoms with Crippen molar-refractivity contribution in [1.82, 2.24) is 9.88 Å². The summed E-state index contributed by atoms with van der Waals surface area (Å²) in [6.45, 7) is 2.20. The summed E-state index contributed by atoms with van der Waals surface area (Å²) >= 11 is 1.50. The van der Waals surface area contributed by atoms with Gasteiger partial charge in [0.1, 0.15) is 12.4 Å². The highest BCUT2D eigenvalue weighted by Crippen LogP contribution is 2.23. The number of benzene rings is 2. The highest BCUT2D eigenvalue weighted by Gasteiger charge is 2.18. The van der Waals surface area contributed by atoms with Crippen molar-refractivity contribution in [2.75, 3.05) is 12.4 Å². The summed E-state index contributed by atoms with van der Waals surface area (Å²) in [6, 6.07) is 12.6. The molecule has 0 aliphatic heterocycles. The molecule has 0 bridgehead atoms. The zero-order valence-electron chi connectivity index (χ0n) is 16.5. The maximum absolute atomic E-state index is 12.7. The number of aromatic nitrogens is 1. The van der Waals surface area contributed by atoms with Gasteiger partial charge in [-0.15, -0.1) is 11.3 Å². The van der Waals surface area contributed by atoms with Crippen molar-refractivity contribution < 1.29 is 17.9 Å². The summed E-state index contributed by atoms with van der Waals surface area (Å²) in [4.78, 5) is 18.4. The molecule has 158 valence electrons. The first-order valence-electron chi connectivity index (χ1n) is 9.00. The molecule has 3 N–H and O–H groups in total. The smallest absolute Gasteiger partial charge is 0.322 e. The first kappa shape index (κ1) is 21.8. The van der Waals surface area contributed by atoms with Gasteiger partial charge in [-0.3, -0.25) is 0 Å². The molecule has 8 nitrogen and oxygen atoms in total. The number of sulfonamides is 1. The number of amides is 2. The van der Waals surface area contributed by atoms with Gasteiger partial charge in [-0.05, 0) is 36.8 Å². The van der Waals surface area contributed by atoms with Crippen molar-refractivity contribution in [1.29, 1.82) is 0 Å². The number of nitrogens with two attached hydrogens (primary N) is 1. The first-order chi connectivity index (χ1) is 14.2. The predicted octanol–water partition coefficient (Wildman–Crippen LogP) is 3.59. The van der Waals surface area contributed by atoms with E-state index in [4.69, 9.17) is 9.88 Å². The summed E-state index contributed by atoms with van der Waals surface area (Å²) in [5.74, 6) is 0.620. The second kappa shape index (κ2) is 9.24. The quantitative estimate of drug-likeness (QED) is 0.575. The van der Waals surface area contributed by atoms with E-state index in [-0.39, 0.29) is 17.0 Å². The Morgan fingerprint density at radius 2 is 2.00 bits per heavy atom. The van der Waals surface area contributed by atoms with Gasteiger partial charge < -0.3 is 15.0 Å². The van der Waals surface area contributed by atoms with Gasteiger partial charge in [0.15, 0.2) is 0 Å². The van der Waals surface area contributed by atoms with Crippen LogP contribution in [0.3, 0.4) is 0 Å². The molecule has 2 aromatic carbocycles. The molecule has 2 amide bonds. The topological polar surface area (TPSA) is 115 Å². The molecule has 0 spiro atoms. The third-order valence-electron chi connectivity index (χ3n) is 4.55. The summed E-state index contributed by atoms with van der Waals surface area (Å²) in [5.41, 5.74) is 3.96. The lowest BCUT2D eigenvalue weighted by atomic mass is 10.1. The van der Waals surface area contributed by atoms with Gasteiger partial charge in [-0.1, -0.05) is 18.2 Å². The highest BCUT2D eigenvalue weighted by atomic mass is 32.2. The third kappa shape index (κ3) is 5.56. The molecule has 30 heavy (non-hydrogen) atoms. The van der Waals surface area contributed by atoms with Crippen molar-refractivity contribution in [2.45, 2.75) is 24.5 Å². The van der Waals surface area contributed by atoms with Crippen molar-refractivity contribution in [3.8, 4) is 5.75 Å². The number of primary sulfonamides is 1. The average molecular weight is 447 g/mol. The summed E-state index contributed by atoms with van der Waals surface area (Å²) in [5, 5.41) is 9.88. The van der Waals surface area contributed by atoms with Crippen molar-refractivity contribution in [3.63, 3.8) is 0 Å². The van der Waals surface area contributed by atoms with Gasteiger partial charge in [0, 0.05) is 24.2 Å². The molecule has 3 aromatic rings. The van der Waals surface area contributed by atoms with Gasteiger partial charge in [0.05, 0.1) is 22.1 Å². The number of anilines is 1. The molecule has 0 saturated heterocycles. The Hall–Kier alpha value is -2.95. The Bertz CT molecular complexity index is 1100. The number of nitrogens with zero attached hydrogens (tertiary/aromatic N) is 2. The van der Waals surface area contributed by atoms with Crippen LogP contribution in [0.2, 0.25) is 0 Å². The highest BCUT2D eigenvalue weighted by molar-refractivity contribution is 7.89. The summed E-state index contributed by atoms with van der Waals surface area (Å²) in [6.07, 6.45) is 0. The molecule has 1 unspecified atom stereocenters. The van der Waals surface area contributed by atoms with Gasteiger partial charge in [0.2, 0.25) is 10.0 Å². The van der Waals surface area contributed by atoms with E-state index in [9.17, 15) is 13.2 Å². The SMILES string of the molecule is CC(c1ccc(S(N)(=O)=O)cc1)N(C)C(=O)Nc1cccc(OCc2cscn2)c1. The Morgan fingerprint density at radius 1 is 1.27 bits per heavy atom. The fraction of sp³-hybridized carbons (Fsp3) is 0.200. The molecule has 3 rings (SSSR count). The minimum absolute atomic E-state index is 0.0278. The van der Waals surface area contributed by atoms with Crippen LogP contribution in [0, 0.1) is 0 Å². The molecule has 10 heteroatoms. The van der Waals surface area contributed by atoms with E-state index in [1.165, 1.54) is 28.4 Å². The molecule has 1 atom stereocenters. The van der Waals surface area contributed by atoms with Gasteiger partial charge in [0.25, 0.3) is 0 Å². The monoisotopic (exact) mass is 446 g/mol. The van der Waals surface area contributed by atoms with Crippen LogP contribution < -0.4 is 15.2 Å².